The summed E-state index contributed by atoms with van der Waals surface area (Å²) in [7, 11) is 0. The molecule has 29 heavy (non-hydrogen) atoms. The number of nitrogens with one attached hydrogen (secondary N) is 1. The van der Waals surface area contributed by atoms with E-state index in [4.69, 9.17) is 11.6 Å². The molecule has 11 heteroatoms. The molecule has 10 nitrogen and oxygen atoms in total. The van der Waals surface area contributed by atoms with Crippen molar-refractivity contribution in [3.05, 3.63) is 57.4 Å². The van der Waals surface area contributed by atoms with Crippen molar-refractivity contribution in [1.82, 2.24) is 20.2 Å². The molecule has 2 amide bonds. The number of carbonyl (C=O) groups is 2. The van der Waals surface area contributed by atoms with Gasteiger partial charge in [0.1, 0.15) is 11.1 Å². The molecule has 1 atom stereocenters. The summed E-state index contributed by atoms with van der Waals surface area (Å²) in [5.41, 5.74) is -0.302. The maximum absolute atomic E-state index is 12.7. The van der Waals surface area contributed by atoms with E-state index in [1.165, 1.54) is 12.1 Å². The van der Waals surface area contributed by atoms with Crippen LogP contribution in [-0.2, 0) is 4.79 Å². The van der Waals surface area contributed by atoms with Gasteiger partial charge in [0, 0.05) is 50.2 Å². The predicted molar refractivity (Wildman–Crippen MR) is 106 cm³/mol. The first kappa shape index (κ1) is 20.5. The van der Waals surface area contributed by atoms with Gasteiger partial charge >= 0.3 is 0 Å². The summed E-state index contributed by atoms with van der Waals surface area (Å²) >= 11 is 5.76. The first-order valence-corrected chi connectivity index (χ1v) is 9.30. The molecule has 0 saturated carbocycles. The number of hydrogen-bond donors (Lipinski definition) is 1. The summed E-state index contributed by atoms with van der Waals surface area (Å²) in [4.78, 5) is 47.4. The average molecular weight is 419 g/mol. The van der Waals surface area contributed by atoms with Gasteiger partial charge in [-0.15, -0.1) is 0 Å². The second kappa shape index (κ2) is 8.82. The summed E-state index contributed by atoms with van der Waals surface area (Å²) in [5.74, 6) is -0.192. The van der Waals surface area contributed by atoms with Crippen LogP contribution in [0.4, 0.5) is 11.6 Å². The van der Waals surface area contributed by atoms with Gasteiger partial charge in [0.25, 0.3) is 11.6 Å². The summed E-state index contributed by atoms with van der Waals surface area (Å²) in [6.45, 7) is 3.70. The number of anilines is 1. The van der Waals surface area contributed by atoms with Crippen LogP contribution in [0.1, 0.15) is 17.3 Å². The van der Waals surface area contributed by atoms with Crippen LogP contribution in [0.5, 0.6) is 0 Å². The number of nitro benzene ring substituents is 1. The molecule has 0 aliphatic carbocycles. The second-order valence-electron chi connectivity index (χ2n) is 6.48. The number of amides is 2. The zero-order chi connectivity index (χ0) is 21.0. The highest BCUT2D eigenvalue weighted by atomic mass is 35.5. The van der Waals surface area contributed by atoms with Crippen molar-refractivity contribution in [2.24, 2.45) is 0 Å². The van der Waals surface area contributed by atoms with Gasteiger partial charge in [-0.05, 0) is 25.1 Å². The van der Waals surface area contributed by atoms with Crippen LogP contribution in [0.25, 0.3) is 0 Å². The molecule has 152 valence electrons. The van der Waals surface area contributed by atoms with Gasteiger partial charge in [-0.3, -0.25) is 19.7 Å². The molecule has 0 spiro atoms. The van der Waals surface area contributed by atoms with Crippen molar-refractivity contribution in [2.45, 2.75) is 13.0 Å². The van der Waals surface area contributed by atoms with E-state index in [1.807, 2.05) is 4.90 Å². The molecule has 1 aliphatic rings. The van der Waals surface area contributed by atoms with Crippen molar-refractivity contribution < 1.29 is 14.5 Å². The molecule has 1 aromatic carbocycles. The molecule has 1 fully saturated rings. The molecule has 3 rings (SSSR count). The van der Waals surface area contributed by atoms with Crippen LogP contribution >= 0.6 is 11.6 Å². The monoisotopic (exact) mass is 418 g/mol. The quantitative estimate of drug-likeness (QED) is 0.576. The first-order chi connectivity index (χ1) is 13.9. The van der Waals surface area contributed by atoms with Crippen molar-refractivity contribution in [2.75, 3.05) is 31.1 Å². The Labute approximate surface area is 171 Å². The highest BCUT2D eigenvalue weighted by molar-refractivity contribution is 6.32. The molecule has 1 saturated heterocycles. The summed E-state index contributed by atoms with van der Waals surface area (Å²) in [6, 6.07) is 4.71. The van der Waals surface area contributed by atoms with Gasteiger partial charge < -0.3 is 15.1 Å². The van der Waals surface area contributed by atoms with E-state index in [1.54, 1.807) is 30.3 Å². The zero-order valence-electron chi connectivity index (χ0n) is 15.6. The number of nitro groups is 1. The van der Waals surface area contributed by atoms with Gasteiger partial charge in [0.05, 0.1) is 4.92 Å². The Kier molecular flexibility index (Phi) is 6.23. The third kappa shape index (κ3) is 4.77. The largest absolute Gasteiger partial charge is 0.341 e. The SMILES string of the molecule is C[C@@H](NC(=O)c1ccc(Cl)c([N+](=O)[O-])c1)C(=O)N1CCN(c2ncccn2)CC1. The number of aromatic nitrogens is 2. The zero-order valence-corrected chi connectivity index (χ0v) is 16.4. The highest BCUT2D eigenvalue weighted by Gasteiger charge is 2.27. The first-order valence-electron chi connectivity index (χ1n) is 8.92. The van der Waals surface area contributed by atoms with Crippen molar-refractivity contribution in [3.63, 3.8) is 0 Å². The Morgan fingerprint density at radius 1 is 1.21 bits per heavy atom. The fourth-order valence-electron chi connectivity index (χ4n) is 2.99. The standard InChI is InChI=1S/C18H19ClN6O4/c1-12(22-16(26)13-3-4-14(19)15(11-13)25(28)29)17(27)23-7-9-24(10-8-23)18-20-5-2-6-21-18/h2-6,11-12H,7-10H2,1H3,(H,22,26)/t12-/m1/s1. The molecular weight excluding hydrogens is 400 g/mol. The van der Waals surface area contributed by atoms with Gasteiger partial charge in [0.2, 0.25) is 11.9 Å². The number of carbonyl (C=O) groups excluding carboxylic acids is 2. The van der Waals surface area contributed by atoms with Crippen LogP contribution < -0.4 is 10.2 Å². The second-order valence-corrected chi connectivity index (χ2v) is 6.89. The third-order valence-corrected chi connectivity index (χ3v) is 4.87. The lowest BCUT2D eigenvalue weighted by Crippen LogP contribution is -2.54. The van der Waals surface area contributed by atoms with E-state index in [0.29, 0.717) is 32.1 Å². The van der Waals surface area contributed by atoms with E-state index < -0.39 is 16.9 Å². The predicted octanol–water partition coefficient (Wildman–Crippen LogP) is 1.51. The summed E-state index contributed by atoms with van der Waals surface area (Å²) < 4.78 is 0. The van der Waals surface area contributed by atoms with Gasteiger partial charge in [-0.25, -0.2) is 9.97 Å². The van der Waals surface area contributed by atoms with Crippen LogP contribution in [0.15, 0.2) is 36.7 Å². The smallest absolute Gasteiger partial charge is 0.288 e. The molecule has 2 aromatic rings. The maximum atomic E-state index is 12.7. The maximum Gasteiger partial charge on any atom is 0.288 e. The normalized spacial score (nSPS) is 15.0. The Bertz CT molecular complexity index is 918. The van der Waals surface area contributed by atoms with Gasteiger partial charge in [0.15, 0.2) is 0 Å². The third-order valence-electron chi connectivity index (χ3n) is 4.55. The molecule has 1 aliphatic heterocycles. The van der Waals surface area contributed by atoms with Crippen LogP contribution in [0.2, 0.25) is 5.02 Å². The number of hydrogen-bond acceptors (Lipinski definition) is 7. The van der Waals surface area contributed by atoms with E-state index in [9.17, 15) is 19.7 Å². The Morgan fingerprint density at radius 3 is 2.48 bits per heavy atom. The fraction of sp³-hybridized carbons (Fsp3) is 0.333. The molecule has 2 heterocycles. The fourth-order valence-corrected chi connectivity index (χ4v) is 3.18. The van der Waals surface area contributed by atoms with Crippen LogP contribution in [0.3, 0.4) is 0 Å². The Morgan fingerprint density at radius 2 is 1.86 bits per heavy atom. The lowest BCUT2D eigenvalue weighted by Gasteiger charge is -2.35. The number of nitrogens with zero attached hydrogens (tertiary/aromatic N) is 5. The van der Waals surface area contributed by atoms with Gasteiger partial charge in [-0.2, -0.15) is 0 Å². The molecule has 0 bridgehead atoms. The molecule has 1 N–H and O–H groups in total. The average Bonchev–Trinajstić information content (AvgIpc) is 2.74. The lowest BCUT2D eigenvalue weighted by molar-refractivity contribution is -0.384. The van der Waals surface area contributed by atoms with Gasteiger partial charge in [-0.1, -0.05) is 11.6 Å². The number of rotatable bonds is 5. The number of halogens is 1. The molecule has 0 unspecified atom stereocenters. The number of benzene rings is 1. The summed E-state index contributed by atoms with van der Waals surface area (Å²) in [6.07, 6.45) is 3.33. The highest BCUT2D eigenvalue weighted by Crippen LogP contribution is 2.25. The lowest BCUT2D eigenvalue weighted by atomic mass is 10.1. The van der Waals surface area contributed by atoms with Crippen LogP contribution in [-0.4, -0.2) is 63.8 Å². The molecule has 0 radical (unpaired) electrons. The van der Waals surface area contributed by atoms with E-state index in [2.05, 4.69) is 15.3 Å². The van der Waals surface area contributed by atoms with Crippen molar-refractivity contribution in [1.29, 1.82) is 0 Å². The van der Waals surface area contributed by atoms with E-state index >= 15 is 0 Å². The van der Waals surface area contributed by atoms with Crippen LogP contribution in [0, 0.1) is 10.1 Å². The minimum atomic E-state index is -0.781. The van der Waals surface area contributed by atoms with E-state index in [-0.39, 0.29) is 22.2 Å². The number of piperazine rings is 1. The summed E-state index contributed by atoms with van der Waals surface area (Å²) in [5, 5.41) is 13.5. The topological polar surface area (TPSA) is 122 Å². The Balaban J connectivity index is 1.58. The van der Waals surface area contributed by atoms with Crippen molar-refractivity contribution in [3.8, 4) is 0 Å². The van der Waals surface area contributed by atoms with E-state index in [0.717, 1.165) is 6.07 Å². The minimum Gasteiger partial charge on any atom is -0.341 e. The van der Waals surface area contributed by atoms with Crippen molar-refractivity contribution >= 4 is 35.1 Å². The molecular formula is C18H19ClN6O4. The minimum absolute atomic E-state index is 0.0593. The molecule has 1 aromatic heterocycles. The Hall–Kier alpha value is -3.27.